The van der Waals surface area contributed by atoms with Crippen LogP contribution in [0.15, 0.2) is 33.2 Å². The normalized spacial score (nSPS) is 12.6. The van der Waals surface area contributed by atoms with E-state index in [1.807, 2.05) is 31.2 Å². The van der Waals surface area contributed by atoms with Gasteiger partial charge in [-0.05, 0) is 34.5 Å². The first-order chi connectivity index (χ1) is 9.70. The van der Waals surface area contributed by atoms with Crippen molar-refractivity contribution in [2.75, 3.05) is 6.54 Å². The Kier molecular flexibility index (Phi) is 5.70. The third-order valence-corrected chi connectivity index (χ3v) is 3.54. The van der Waals surface area contributed by atoms with E-state index in [2.05, 4.69) is 31.4 Å². The van der Waals surface area contributed by atoms with E-state index in [0.29, 0.717) is 24.9 Å². The minimum Gasteiger partial charge on any atom is -0.419 e. The van der Waals surface area contributed by atoms with E-state index < -0.39 is 0 Å². The molecule has 0 spiro atoms. The topological polar surface area (TPSA) is 71.2 Å². The highest BCUT2D eigenvalue weighted by Crippen LogP contribution is 2.26. The predicted molar refractivity (Wildman–Crippen MR) is 80.1 cm³/mol. The third-order valence-electron chi connectivity index (χ3n) is 2.85. The second-order valence-corrected chi connectivity index (χ2v) is 5.41. The van der Waals surface area contributed by atoms with Gasteiger partial charge in [0.15, 0.2) is 0 Å². The molecule has 2 aromatic rings. The second-order valence-electron chi connectivity index (χ2n) is 4.55. The number of nitrogens with zero attached hydrogens (tertiary/aromatic N) is 2. The van der Waals surface area contributed by atoms with E-state index >= 15 is 0 Å². The smallest absolute Gasteiger partial charge is 0.248 e. The van der Waals surface area contributed by atoms with Crippen LogP contribution in [0.2, 0.25) is 0 Å². The quantitative estimate of drug-likeness (QED) is 0.811. The Bertz CT molecular complexity index is 545. The molecule has 0 aliphatic rings. The maximum Gasteiger partial charge on any atom is 0.248 e. The molecule has 2 rings (SSSR count). The molecule has 1 heterocycles. The molecule has 1 aromatic carbocycles. The molecular formula is C14H18BrN3O2. The van der Waals surface area contributed by atoms with Gasteiger partial charge in [0, 0.05) is 11.0 Å². The summed E-state index contributed by atoms with van der Waals surface area (Å²) in [5.74, 6) is 1.00. The lowest BCUT2D eigenvalue weighted by Gasteiger charge is -2.08. The first-order valence-electron chi connectivity index (χ1n) is 6.66. The Morgan fingerprint density at radius 3 is 2.90 bits per heavy atom. The molecule has 0 saturated heterocycles. The fraction of sp³-hybridized carbons (Fsp3) is 0.429. The van der Waals surface area contributed by atoms with Crippen LogP contribution in [0.3, 0.4) is 0 Å². The SMILES string of the molecule is CCCC(O)CNCc1nnc(-c2ccccc2Br)o1. The van der Waals surface area contributed by atoms with Crippen LogP contribution in [0.5, 0.6) is 0 Å². The molecule has 2 N–H and O–H groups in total. The predicted octanol–water partition coefficient (Wildman–Crippen LogP) is 2.75. The van der Waals surface area contributed by atoms with Crippen LogP contribution in [-0.4, -0.2) is 28.0 Å². The maximum atomic E-state index is 9.61. The van der Waals surface area contributed by atoms with Crippen LogP contribution in [0, 0.1) is 0 Å². The second kappa shape index (κ2) is 7.52. The van der Waals surface area contributed by atoms with Crippen LogP contribution in [0.4, 0.5) is 0 Å². The third kappa shape index (κ3) is 4.13. The Morgan fingerprint density at radius 1 is 1.35 bits per heavy atom. The average Bonchev–Trinajstić information content (AvgIpc) is 2.88. The van der Waals surface area contributed by atoms with Gasteiger partial charge in [0.2, 0.25) is 11.8 Å². The lowest BCUT2D eigenvalue weighted by atomic mass is 10.2. The molecule has 0 amide bonds. The highest BCUT2D eigenvalue weighted by Gasteiger charge is 2.11. The molecule has 1 atom stereocenters. The summed E-state index contributed by atoms with van der Waals surface area (Å²) in [6, 6.07) is 7.70. The van der Waals surface area contributed by atoms with Crippen molar-refractivity contribution < 1.29 is 9.52 Å². The fourth-order valence-corrected chi connectivity index (χ4v) is 2.30. The summed E-state index contributed by atoms with van der Waals surface area (Å²) in [6.45, 7) is 3.03. The van der Waals surface area contributed by atoms with Crippen molar-refractivity contribution in [3.8, 4) is 11.5 Å². The van der Waals surface area contributed by atoms with E-state index in [4.69, 9.17) is 4.42 Å². The van der Waals surface area contributed by atoms with Gasteiger partial charge in [0.05, 0.1) is 18.2 Å². The fourth-order valence-electron chi connectivity index (χ4n) is 1.85. The van der Waals surface area contributed by atoms with E-state index in [1.165, 1.54) is 0 Å². The molecule has 1 aromatic heterocycles. The van der Waals surface area contributed by atoms with E-state index in [0.717, 1.165) is 22.9 Å². The highest BCUT2D eigenvalue weighted by molar-refractivity contribution is 9.10. The Hall–Kier alpha value is -1.24. The number of benzene rings is 1. The summed E-state index contributed by atoms with van der Waals surface area (Å²) in [4.78, 5) is 0. The standard InChI is InChI=1S/C14H18BrN3O2/c1-2-5-10(19)8-16-9-13-17-18-14(20-13)11-6-3-4-7-12(11)15/h3-4,6-7,10,16,19H,2,5,8-9H2,1H3. The molecule has 0 aliphatic heterocycles. The Morgan fingerprint density at radius 2 is 2.15 bits per heavy atom. The monoisotopic (exact) mass is 339 g/mol. The summed E-state index contributed by atoms with van der Waals surface area (Å²) in [7, 11) is 0. The molecule has 0 bridgehead atoms. The Balaban J connectivity index is 1.91. The van der Waals surface area contributed by atoms with Crippen molar-refractivity contribution in [2.24, 2.45) is 0 Å². The van der Waals surface area contributed by atoms with Gasteiger partial charge in [-0.2, -0.15) is 0 Å². The molecule has 6 heteroatoms. The summed E-state index contributed by atoms with van der Waals surface area (Å²) in [6.07, 6.45) is 1.43. The summed E-state index contributed by atoms with van der Waals surface area (Å²) >= 11 is 3.45. The minimum absolute atomic E-state index is 0.328. The van der Waals surface area contributed by atoms with Crippen molar-refractivity contribution in [1.29, 1.82) is 0 Å². The zero-order valence-corrected chi connectivity index (χ0v) is 12.9. The van der Waals surface area contributed by atoms with E-state index in [1.54, 1.807) is 0 Å². The number of hydrogen-bond donors (Lipinski definition) is 2. The van der Waals surface area contributed by atoms with Crippen molar-refractivity contribution >= 4 is 15.9 Å². The van der Waals surface area contributed by atoms with Crippen molar-refractivity contribution in [3.63, 3.8) is 0 Å². The molecule has 0 aliphatic carbocycles. The van der Waals surface area contributed by atoms with Gasteiger partial charge in [-0.15, -0.1) is 10.2 Å². The number of aromatic nitrogens is 2. The minimum atomic E-state index is -0.328. The molecule has 0 saturated carbocycles. The summed E-state index contributed by atoms with van der Waals surface area (Å²) in [5, 5.41) is 20.7. The van der Waals surface area contributed by atoms with Gasteiger partial charge in [-0.25, -0.2) is 0 Å². The van der Waals surface area contributed by atoms with Gasteiger partial charge in [0.1, 0.15) is 0 Å². The van der Waals surface area contributed by atoms with Crippen LogP contribution in [-0.2, 0) is 6.54 Å². The van der Waals surface area contributed by atoms with Crippen LogP contribution in [0.25, 0.3) is 11.5 Å². The lowest BCUT2D eigenvalue weighted by molar-refractivity contribution is 0.159. The van der Waals surface area contributed by atoms with Gasteiger partial charge in [-0.3, -0.25) is 0 Å². The van der Waals surface area contributed by atoms with Gasteiger partial charge >= 0.3 is 0 Å². The number of nitrogens with one attached hydrogen (secondary N) is 1. The van der Waals surface area contributed by atoms with Gasteiger partial charge in [0.25, 0.3) is 0 Å². The molecule has 108 valence electrons. The summed E-state index contributed by atoms with van der Waals surface area (Å²) in [5.41, 5.74) is 0.872. The first-order valence-corrected chi connectivity index (χ1v) is 7.46. The van der Waals surface area contributed by atoms with E-state index in [9.17, 15) is 5.11 Å². The zero-order valence-electron chi connectivity index (χ0n) is 11.3. The number of rotatable bonds is 7. The van der Waals surface area contributed by atoms with Crippen molar-refractivity contribution in [3.05, 3.63) is 34.6 Å². The van der Waals surface area contributed by atoms with Crippen molar-refractivity contribution in [1.82, 2.24) is 15.5 Å². The van der Waals surface area contributed by atoms with Crippen molar-refractivity contribution in [2.45, 2.75) is 32.4 Å². The molecular weight excluding hydrogens is 322 g/mol. The number of hydrogen-bond acceptors (Lipinski definition) is 5. The maximum absolute atomic E-state index is 9.61. The molecule has 20 heavy (non-hydrogen) atoms. The van der Waals surface area contributed by atoms with Gasteiger partial charge < -0.3 is 14.8 Å². The number of halogens is 1. The van der Waals surface area contributed by atoms with Crippen LogP contribution in [0.1, 0.15) is 25.7 Å². The molecule has 0 fully saturated rings. The molecule has 5 nitrogen and oxygen atoms in total. The molecule has 1 unspecified atom stereocenters. The summed E-state index contributed by atoms with van der Waals surface area (Å²) < 4.78 is 6.51. The first kappa shape index (κ1) is 15.2. The van der Waals surface area contributed by atoms with Crippen LogP contribution >= 0.6 is 15.9 Å². The number of aliphatic hydroxyl groups is 1. The van der Waals surface area contributed by atoms with Gasteiger partial charge in [-0.1, -0.05) is 25.5 Å². The lowest BCUT2D eigenvalue weighted by Crippen LogP contribution is -2.26. The zero-order chi connectivity index (χ0) is 14.4. The average molecular weight is 340 g/mol. The molecule has 0 radical (unpaired) electrons. The largest absolute Gasteiger partial charge is 0.419 e. The van der Waals surface area contributed by atoms with E-state index in [-0.39, 0.29) is 6.10 Å². The highest BCUT2D eigenvalue weighted by atomic mass is 79.9. The van der Waals surface area contributed by atoms with Crippen LogP contribution < -0.4 is 5.32 Å². The number of aliphatic hydroxyl groups excluding tert-OH is 1. The Labute approximate surface area is 126 Å².